The molecule has 0 amide bonds. The second-order valence-electron chi connectivity index (χ2n) is 6.80. The summed E-state index contributed by atoms with van der Waals surface area (Å²) >= 11 is 11.0. The number of hydrogen-bond donors (Lipinski definition) is 1. The molecule has 0 aliphatic carbocycles. The fourth-order valence-corrected chi connectivity index (χ4v) is 5.27. The zero-order valence-corrected chi connectivity index (χ0v) is 18.7. The van der Waals surface area contributed by atoms with E-state index >= 15 is 0 Å². The van der Waals surface area contributed by atoms with Crippen LogP contribution in [0.5, 0.6) is 5.75 Å². The van der Waals surface area contributed by atoms with Gasteiger partial charge in [0, 0.05) is 16.8 Å². The molecule has 1 aliphatic heterocycles. The van der Waals surface area contributed by atoms with Crippen molar-refractivity contribution in [1.82, 2.24) is 10.3 Å². The van der Waals surface area contributed by atoms with Gasteiger partial charge in [0.05, 0.1) is 27.7 Å². The zero-order valence-electron chi connectivity index (χ0n) is 15.5. The third-order valence-electron chi connectivity index (χ3n) is 4.47. The van der Waals surface area contributed by atoms with E-state index < -0.39 is 0 Å². The number of ether oxygens (including phenoxy) is 1. The van der Waals surface area contributed by atoms with E-state index in [1.165, 1.54) is 4.88 Å². The van der Waals surface area contributed by atoms with Gasteiger partial charge >= 0.3 is 0 Å². The lowest BCUT2D eigenvalue weighted by atomic mass is 10.0. The maximum Gasteiger partial charge on any atom is 0.174 e. The highest BCUT2D eigenvalue weighted by Crippen LogP contribution is 2.44. The molecule has 4 rings (SSSR count). The monoisotopic (exact) mass is 473 g/mol. The molecule has 1 N–H and O–H groups in total. The van der Waals surface area contributed by atoms with Crippen molar-refractivity contribution >= 4 is 50.3 Å². The van der Waals surface area contributed by atoms with Crippen LogP contribution in [0, 0.1) is 0 Å². The molecule has 1 aromatic carbocycles. The quantitative estimate of drug-likeness (QED) is 0.468. The van der Waals surface area contributed by atoms with Crippen molar-refractivity contribution in [2.75, 3.05) is 4.90 Å². The lowest BCUT2D eigenvalue weighted by Gasteiger charge is -2.27. The lowest BCUT2D eigenvalue weighted by molar-refractivity contribution is 0.242. The van der Waals surface area contributed by atoms with Crippen molar-refractivity contribution < 1.29 is 4.74 Å². The number of thiophene rings is 1. The summed E-state index contributed by atoms with van der Waals surface area (Å²) in [6.45, 7) is 4.05. The van der Waals surface area contributed by atoms with Crippen molar-refractivity contribution in [3.05, 3.63) is 75.2 Å². The van der Waals surface area contributed by atoms with Crippen LogP contribution in [0.4, 0.5) is 5.69 Å². The van der Waals surface area contributed by atoms with Gasteiger partial charge in [-0.05, 0) is 90.5 Å². The topological polar surface area (TPSA) is 37.4 Å². The van der Waals surface area contributed by atoms with E-state index in [0.717, 1.165) is 20.9 Å². The van der Waals surface area contributed by atoms with Crippen LogP contribution < -0.4 is 15.0 Å². The SMILES string of the molecule is CC(C)Oc1ccc(N2C(=S)N[C@H](c3ccccn3)[C@H]2c2ccc(Br)s2)cc1. The molecule has 1 fully saturated rings. The van der Waals surface area contributed by atoms with Crippen molar-refractivity contribution in [2.45, 2.75) is 32.0 Å². The largest absolute Gasteiger partial charge is 0.491 e. The molecule has 0 radical (unpaired) electrons. The Morgan fingerprint density at radius 2 is 1.93 bits per heavy atom. The Bertz CT molecular complexity index is 959. The van der Waals surface area contributed by atoms with E-state index in [1.54, 1.807) is 11.3 Å². The van der Waals surface area contributed by atoms with Crippen LogP contribution >= 0.6 is 39.5 Å². The predicted octanol–water partition coefficient (Wildman–Crippen LogP) is 5.87. The molecular formula is C21H20BrN3OS2. The van der Waals surface area contributed by atoms with Gasteiger partial charge in [0.15, 0.2) is 5.11 Å². The number of nitrogens with zero attached hydrogens (tertiary/aromatic N) is 2. The first-order valence-electron chi connectivity index (χ1n) is 9.05. The Hall–Kier alpha value is -1.96. The van der Waals surface area contributed by atoms with Crippen LogP contribution in [-0.4, -0.2) is 16.2 Å². The summed E-state index contributed by atoms with van der Waals surface area (Å²) in [6, 6.07) is 18.3. The number of hydrogen-bond acceptors (Lipinski definition) is 4. The summed E-state index contributed by atoms with van der Waals surface area (Å²) < 4.78 is 6.88. The Labute approximate surface area is 182 Å². The average Bonchev–Trinajstić information content (AvgIpc) is 3.26. The van der Waals surface area contributed by atoms with Crippen LogP contribution in [0.15, 0.2) is 64.6 Å². The number of halogens is 1. The first-order valence-corrected chi connectivity index (χ1v) is 11.1. The van der Waals surface area contributed by atoms with Gasteiger partial charge in [0.25, 0.3) is 0 Å². The van der Waals surface area contributed by atoms with Gasteiger partial charge in [-0.3, -0.25) is 4.98 Å². The Morgan fingerprint density at radius 1 is 1.14 bits per heavy atom. The smallest absolute Gasteiger partial charge is 0.174 e. The summed E-state index contributed by atoms with van der Waals surface area (Å²) in [6.07, 6.45) is 1.97. The number of benzene rings is 1. The van der Waals surface area contributed by atoms with Crippen molar-refractivity contribution in [3.63, 3.8) is 0 Å². The predicted molar refractivity (Wildman–Crippen MR) is 122 cm³/mol. The molecule has 0 saturated carbocycles. The summed E-state index contributed by atoms with van der Waals surface area (Å²) in [5.74, 6) is 0.855. The number of rotatable bonds is 5. The minimum Gasteiger partial charge on any atom is -0.491 e. The zero-order chi connectivity index (χ0) is 19.7. The number of anilines is 1. The molecule has 4 nitrogen and oxygen atoms in total. The van der Waals surface area contributed by atoms with Crippen molar-refractivity contribution in [1.29, 1.82) is 0 Å². The normalized spacial score (nSPS) is 19.1. The maximum absolute atomic E-state index is 5.78. The van der Waals surface area contributed by atoms with E-state index in [1.807, 2.05) is 50.4 Å². The van der Waals surface area contributed by atoms with Crippen LogP contribution in [-0.2, 0) is 0 Å². The van der Waals surface area contributed by atoms with Gasteiger partial charge in [-0.15, -0.1) is 11.3 Å². The molecule has 0 unspecified atom stereocenters. The van der Waals surface area contributed by atoms with E-state index in [2.05, 4.69) is 55.4 Å². The fraction of sp³-hybridized carbons (Fsp3) is 0.238. The average molecular weight is 474 g/mol. The highest BCUT2D eigenvalue weighted by Gasteiger charge is 2.41. The highest BCUT2D eigenvalue weighted by molar-refractivity contribution is 9.11. The molecular weight excluding hydrogens is 454 g/mol. The molecule has 0 spiro atoms. The van der Waals surface area contributed by atoms with Gasteiger partial charge in [-0.2, -0.15) is 0 Å². The van der Waals surface area contributed by atoms with Crippen molar-refractivity contribution in [2.24, 2.45) is 0 Å². The standard InChI is InChI=1S/C21H20BrN3OS2/c1-13(2)26-15-8-6-14(7-9-15)25-20(17-10-11-18(22)28-17)19(24-21(25)27)16-5-3-4-12-23-16/h3-13,19-20H,1-2H3,(H,24,27)/t19-,20-/m1/s1. The fourth-order valence-electron chi connectivity index (χ4n) is 3.37. The van der Waals surface area contributed by atoms with E-state index in [0.29, 0.717) is 5.11 Å². The molecule has 2 atom stereocenters. The Morgan fingerprint density at radius 3 is 2.54 bits per heavy atom. The second kappa shape index (κ2) is 8.19. The van der Waals surface area contributed by atoms with E-state index in [4.69, 9.17) is 17.0 Å². The third-order valence-corrected chi connectivity index (χ3v) is 6.48. The molecule has 144 valence electrons. The minimum atomic E-state index is -0.0224. The van der Waals surface area contributed by atoms with Gasteiger partial charge in [0.1, 0.15) is 5.75 Å². The van der Waals surface area contributed by atoms with Crippen LogP contribution in [0.2, 0.25) is 0 Å². The Balaban J connectivity index is 1.73. The third kappa shape index (κ3) is 3.92. The second-order valence-corrected chi connectivity index (χ2v) is 9.68. The Kier molecular flexibility index (Phi) is 5.66. The molecule has 0 bridgehead atoms. The molecule has 3 aromatic rings. The highest BCUT2D eigenvalue weighted by atomic mass is 79.9. The number of nitrogens with one attached hydrogen (secondary N) is 1. The van der Waals surface area contributed by atoms with Gasteiger partial charge in [0.2, 0.25) is 0 Å². The summed E-state index contributed by atoms with van der Waals surface area (Å²) in [5, 5.41) is 4.18. The lowest BCUT2D eigenvalue weighted by Crippen LogP contribution is -2.29. The van der Waals surface area contributed by atoms with Crippen LogP contribution in [0.3, 0.4) is 0 Å². The summed E-state index contributed by atoms with van der Waals surface area (Å²) in [4.78, 5) is 7.97. The van der Waals surface area contributed by atoms with Gasteiger partial charge in [-0.1, -0.05) is 6.07 Å². The molecule has 1 saturated heterocycles. The summed E-state index contributed by atoms with van der Waals surface area (Å²) in [5.41, 5.74) is 2.00. The van der Waals surface area contributed by atoms with Crippen LogP contribution in [0.1, 0.15) is 36.5 Å². The van der Waals surface area contributed by atoms with E-state index in [-0.39, 0.29) is 18.2 Å². The first kappa shape index (κ1) is 19.4. The molecule has 7 heteroatoms. The van der Waals surface area contributed by atoms with Gasteiger partial charge in [-0.25, -0.2) is 0 Å². The van der Waals surface area contributed by atoms with Crippen molar-refractivity contribution in [3.8, 4) is 5.75 Å². The number of pyridine rings is 1. The summed E-state index contributed by atoms with van der Waals surface area (Å²) in [7, 11) is 0. The molecule has 2 aromatic heterocycles. The first-order chi connectivity index (χ1) is 13.5. The molecule has 3 heterocycles. The van der Waals surface area contributed by atoms with Gasteiger partial charge < -0.3 is 15.0 Å². The van der Waals surface area contributed by atoms with Crippen LogP contribution in [0.25, 0.3) is 0 Å². The minimum absolute atomic E-state index is 0.0224. The number of aromatic nitrogens is 1. The molecule has 1 aliphatic rings. The molecule has 28 heavy (non-hydrogen) atoms. The number of thiocarbonyl (C=S) groups is 1. The van der Waals surface area contributed by atoms with E-state index in [9.17, 15) is 0 Å². The maximum atomic E-state index is 5.78.